The number of benzene rings is 2. The summed E-state index contributed by atoms with van der Waals surface area (Å²) in [6.07, 6.45) is -1.67. The van der Waals surface area contributed by atoms with Crippen LogP contribution >= 0.6 is 11.6 Å². The molecule has 0 unspecified atom stereocenters. The van der Waals surface area contributed by atoms with Crippen molar-refractivity contribution in [3.8, 4) is 5.75 Å². The van der Waals surface area contributed by atoms with Crippen LogP contribution in [0.15, 0.2) is 67.5 Å². The Labute approximate surface area is 242 Å². The monoisotopic (exact) mass is 594 g/mol. The molecule has 7 nitrogen and oxygen atoms in total. The molecule has 0 saturated carbocycles. The predicted octanol–water partition coefficient (Wildman–Crippen LogP) is 7.85. The van der Waals surface area contributed by atoms with Crippen molar-refractivity contribution in [1.82, 2.24) is 19.9 Å². The van der Waals surface area contributed by atoms with Gasteiger partial charge < -0.3 is 24.5 Å². The van der Waals surface area contributed by atoms with Gasteiger partial charge in [-0.05, 0) is 64.4 Å². The number of rotatable bonds is 11. The number of H-pyrrole nitrogens is 2. The topological polar surface area (TPSA) is 73.1 Å². The summed E-state index contributed by atoms with van der Waals surface area (Å²) >= 11 is 6.20. The Morgan fingerprint density at radius 2 is 1.39 bits per heavy atom. The maximum absolute atomic E-state index is 13.0. The van der Waals surface area contributed by atoms with Crippen LogP contribution in [0.25, 0.3) is 0 Å². The van der Waals surface area contributed by atoms with Gasteiger partial charge in [-0.15, -0.1) is 0 Å². The number of nitrogens with one attached hydrogen (secondary N) is 2. The molecule has 41 heavy (non-hydrogen) atoms. The Balaban J connectivity index is 0.000000232. The third-order valence-corrected chi connectivity index (χ3v) is 6.59. The molecule has 0 atom stereocenters. The molecule has 222 valence electrons. The van der Waals surface area contributed by atoms with E-state index in [9.17, 15) is 17.6 Å². The van der Waals surface area contributed by atoms with E-state index in [0.717, 1.165) is 34.2 Å². The number of nitrogens with zero attached hydrogens (tertiary/aromatic N) is 4. The zero-order valence-electron chi connectivity index (χ0n) is 23.6. The highest BCUT2D eigenvalue weighted by atomic mass is 35.5. The number of aryl methyl sites for hydroxylation is 1. The summed E-state index contributed by atoms with van der Waals surface area (Å²) in [7, 11) is 0. The lowest BCUT2D eigenvalue weighted by Gasteiger charge is -2.29. The first-order valence-electron chi connectivity index (χ1n) is 13.1. The molecule has 2 aromatic carbocycles. The molecule has 2 N–H and O–H groups in total. The maximum Gasteiger partial charge on any atom is 0.461 e. The summed E-state index contributed by atoms with van der Waals surface area (Å²) in [6, 6.07) is 12.3. The molecule has 0 saturated heterocycles. The molecule has 0 aliphatic heterocycles. The van der Waals surface area contributed by atoms with Gasteiger partial charge in [-0.3, -0.25) is 0 Å². The minimum absolute atomic E-state index is 0.0455. The Bertz CT molecular complexity index is 1330. The Kier molecular flexibility index (Phi) is 11.0. The van der Waals surface area contributed by atoms with Crippen molar-refractivity contribution in [2.75, 3.05) is 9.80 Å². The summed E-state index contributed by atoms with van der Waals surface area (Å²) < 4.78 is 54.7. The molecule has 0 spiro atoms. The second kappa shape index (κ2) is 14.2. The minimum atomic E-state index is -4.52. The number of alkyl halides is 4. The number of aromatic nitrogens is 4. The number of imidazole rings is 2. The van der Waals surface area contributed by atoms with Gasteiger partial charge >= 0.3 is 12.5 Å². The highest BCUT2D eigenvalue weighted by molar-refractivity contribution is 6.31. The van der Waals surface area contributed by atoms with E-state index in [0.29, 0.717) is 18.3 Å². The molecule has 0 radical (unpaired) electrons. The third-order valence-electron chi connectivity index (χ3n) is 6.18. The quantitative estimate of drug-likeness (QED) is 0.173. The largest absolute Gasteiger partial charge is 0.461 e. The fourth-order valence-electron chi connectivity index (χ4n) is 3.94. The third kappa shape index (κ3) is 9.14. The molecule has 4 rings (SSSR count). The lowest BCUT2D eigenvalue weighted by molar-refractivity contribution is -0.253. The number of halogens is 5. The Morgan fingerprint density at radius 1 is 0.854 bits per heavy atom. The summed E-state index contributed by atoms with van der Waals surface area (Å²) in [4.78, 5) is 18.3. The zero-order chi connectivity index (χ0) is 30.2. The average Bonchev–Trinajstić information content (AvgIpc) is 3.62. The van der Waals surface area contributed by atoms with Gasteiger partial charge in [0.05, 0.1) is 37.1 Å². The van der Waals surface area contributed by atoms with Crippen molar-refractivity contribution in [2.45, 2.75) is 72.3 Å². The van der Waals surface area contributed by atoms with Crippen LogP contribution in [-0.4, -0.2) is 44.6 Å². The zero-order valence-corrected chi connectivity index (χ0v) is 24.3. The number of aromatic amines is 2. The first-order valence-corrected chi connectivity index (χ1v) is 13.4. The molecule has 2 heterocycles. The molecule has 0 amide bonds. The SMILES string of the molecule is CC(C)N(Cc1cnc[nH]1)c1cccc(OC(F)(F)C(F)F)c1.Cc1ccc(N(Cc2cnc[nH]2)C(C)C)cc1Cl. The second-order valence-electron chi connectivity index (χ2n) is 9.99. The maximum atomic E-state index is 13.0. The van der Waals surface area contributed by atoms with Crippen molar-refractivity contribution in [3.63, 3.8) is 0 Å². The minimum Gasteiger partial charge on any atom is -0.428 e. The summed E-state index contributed by atoms with van der Waals surface area (Å²) in [5.74, 6) is -0.317. The van der Waals surface area contributed by atoms with Crippen LogP contribution in [-0.2, 0) is 13.1 Å². The van der Waals surface area contributed by atoms with E-state index in [-0.39, 0.29) is 11.8 Å². The first kappa shape index (κ1) is 31.8. The number of hydrogen-bond acceptors (Lipinski definition) is 5. The van der Waals surface area contributed by atoms with Crippen molar-refractivity contribution in [1.29, 1.82) is 0 Å². The molecular weight excluding hydrogens is 560 g/mol. The van der Waals surface area contributed by atoms with Crippen molar-refractivity contribution < 1.29 is 22.3 Å². The van der Waals surface area contributed by atoms with E-state index >= 15 is 0 Å². The van der Waals surface area contributed by atoms with E-state index in [4.69, 9.17) is 11.6 Å². The van der Waals surface area contributed by atoms with Crippen LogP contribution < -0.4 is 14.5 Å². The van der Waals surface area contributed by atoms with Gasteiger partial charge in [0.15, 0.2) is 0 Å². The van der Waals surface area contributed by atoms with E-state index in [1.54, 1.807) is 18.6 Å². The second-order valence-corrected chi connectivity index (χ2v) is 10.4. The van der Waals surface area contributed by atoms with Gasteiger partial charge in [-0.2, -0.15) is 17.6 Å². The van der Waals surface area contributed by atoms with Gasteiger partial charge in [0.2, 0.25) is 0 Å². The summed E-state index contributed by atoms with van der Waals surface area (Å²) in [5, 5.41) is 0.808. The van der Waals surface area contributed by atoms with E-state index < -0.39 is 12.5 Å². The molecule has 0 bridgehead atoms. The summed E-state index contributed by atoms with van der Waals surface area (Å²) in [5.41, 5.74) is 4.75. The van der Waals surface area contributed by atoms with Crippen LogP contribution in [0.2, 0.25) is 5.02 Å². The Hall–Kier alpha value is -3.73. The fourth-order valence-corrected chi connectivity index (χ4v) is 4.12. The first-order chi connectivity index (χ1) is 19.4. The smallest absolute Gasteiger partial charge is 0.428 e. The molecule has 4 aromatic rings. The molecule has 2 aromatic heterocycles. The summed E-state index contributed by atoms with van der Waals surface area (Å²) in [6.45, 7) is 11.5. The lowest BCUT2D eigenvalue weighted by Crippen LogP contribution is -2.34. The van der Waals surface area contributed by atoms with Gasteiger partial charge in [0.1, 0.15) is 5.75 Å². The Morgan fingerprint density at radius 3 is 1.83 bits per heavy atom. The van der Waals surface area contributed by atoms with Crippen LogP contribution in [0.5, 0.6) is 5.75 Å². The molecular formula is C29H35ClF4N6O. The molecule has 0 fully saturated rings. The molecule has 0 aliphatic carbocycles. The standard InChI is InChI=1S/C15H17F4N3O.C14H18ClN3/c1-10(2)22(8-11-7-20-9-21-11)12-4-3-5-13(6-12)23-15(18,19)14(16)17;1-10(2)18(8-12-7-16-9-17-12)13-5-4-11(3)14(15)6-13/h3-7,9-10,14H,8H2,1-2H3,(H,20,21);4-7,9-10H,8H2,1-3H3,(H,16,17). The predicted molar refractivity (Wildman–Crippen MR) is 154 cm³/mol. The van der Waals surface area contributed by atoms with Gasteiger partial charge in [0, 0.05) is 46.9 Å². The van der Waals surface area contributed by atoms with Crippen LogP contribution in [0.3, 0.4) is 0 Å². The highest BCUT2D eigenvalue weighted by Gasteiger charge is 2.44. The highest BCUT2D eigenvalue weighted by Crippen LogP contribution is 2.31. The molecule has 12 heteroatoms. The average molecular weight is 595 g/mol. The number of hydrogen-bond donors (Lipinski definition) is 2. The van der Waals surface area contributed by atoms with Gasteiger partial charge in [0.25, 0.3) is 0 Å². The van der Waals surface area contributed by atoms with Gasteiger partial charge in [-0.25, -0.2) is 9.97 Å². The van der Waals surface area contributed by atoms with Crippen molar-refractivity contribution in [3.05, 3.63) is 89.5 Å². The fraction of sp³-hybridized carbons (Fsp3) is 0.379. The van der Waals surface area contributed by atoms with Crippen LogP contribution in [0.4, 0.5) is 28.9 Å². The van der Waals surface area contributed by atoms with E-state index in [2.05, 4.69) is 55.6 Å². The number of anilines is 2. The van der Waals surface area contributed by atoms with E-state index in [1.165, 1.54) is 24.5 Å². The molecule has 0 aliphatic rings. The van der Waals surface area contributed by atoms with E-state index in [1.807, 2.05) is 37.9 Å². The van der Waals surface area contributed by atoms with Crippen molar-refractivity contribution in [2.24, 2.45) is 0 Å². The van der Waals surface area contributed by atoms with Crippen molar-refractivity contribution >= 4 is 23.0 Å². The lowest BCUT2D eigenvalue weighted by atomic mass is 10.2. The normalized spacial score (nSPS) is 11.5. The number of ether oxygens (including phenoxy) is 1. The van der Waals surface area contributed by atoms with Crippen LogP contribution in [0.1, 0.15) is 44.6 Å². The van der Waals surface area contributed by atoms with Gasteiger partial charge in [-0.1, -0.05) is 23.7 Å². The van der Waals surface area contributed by atoms with Crippen LogP contribution in [0, 0.1) is 6.92 Å².